The highest BCUT2D eigenvalue weighted by atomic mass is 19.1. The molecule has 0 radical (unpaired) electrons. The van der Waals surface area contributed by atoms with Crippen LogP contribution in [0.3, 0.4) is 0 Å². The molecule has 1 rings (SSSR count). The average molecular weight is 202 g/mol. The van der Waals surface area contributed by atoms with Crippen molar-refractivity contribution in [1.82, 2.24) is 10.2 Å². The van der Waals surface area contributed by atoms with Crippen molar-refractivity contribution in [3.8, 4) is 0 Å². The third kappa shape index (κ3) is 3.93. The highest BCUT2D eigenvalue weighted by Gasteiger charge is 2.20. The maximum Gasteiger partial charge on any atom is 0.102 e. The van der Waals surface area contributed by atoms with Gasteiger partial charge >= 0.3 is 0 Å². The molecule has 1 fully saturated rings. The molecule has 14 heavy (non-hydrogen) atoms. The zero-order chi connectivity index (χ0) is 10.2. The van der Waals surface area contributed by atoms with Gasteiger partial charge in [-0.05, 0) is 32.4 Å². The van der Waals surface area contributed by atoms with Crippen LogP contribution in [0.1, 0.15) is 32.6 Å². The first-order valence-corrected chi connectivity index (χ1v) is 5.89. The molecule has 0 amide bonds. The summed E-state index contributed by atoms with van der Waals surface area (Å²) in [5.41, 5.74) is 0. The Morgan fingerprint density at radius 2 is 2.29 bits per heavy atom. The number of rotatable bonds is 6. The van der Waals surface area contributed by atoms with Crippen LogP contribution in [0.25, 0.3) is 0 Å². The fourth-order valence-electron chi connectivity index (χ4n) is 2.14. The van der Waals surface area contributed by atoms with Crippen LogP contribution in [0.2, 0.25) is 0 Å². The quantitative estimate of drug-likeness (QED) is 0.661. The second-order valence-corrected chi connectivity index (χ2v) is 4.08. The fourth-order valence-corrected chi connectivity index (χ4v) is 2.14. The molecule has 1 N–H and O–H groups in total. The highest BCUT2D eigenvalue weighted by Crippen LogP contribution is 2.15. The predicted molar refractivity (Wildman–Crippen MR) is 58.3 cm³/mol. The number of nitrogens with zero attached hydrogens (tertiary/aromatic N) is 1. The zero-order valence-electron chi connectivity index (χ0n) is 9.27. The van der Waals surface area contributed by atoms with Gasteiger partial charge in [-0.25, -0.2) is 4.39 Å². The van der Waals surface area contributed by atoms with E-state index in [2.05, 4.69) is 17.1 Å². The number of likely N-dealkylation sites (tertiary alicyclic amines) is 1. The number of alkyl halides is 1. The van der Waals surface area contributed by atoms with E-state index in [0.29, 0.717) is 12.6 Å². The van der Waals surface area contributed by atoms with Gasteiger partial charge in [-0.2, -0.15) is 0 Å². The van der Waals surface area contributed by atoms with Crippen molar-refractivity contribution in [2.24, 2.45) is 0 Å². The summed E-state index contributed by atoms with van der Waals surface area (Å²) in [6, 6.07) is 0.575. The van der Waals surface area contributed by atoms with Crippen molar-refractivity contribution >= 4 is 0 Å². The number of hydrogen-bond acceptors (Lipinski definition) is 2. The molecule has 0 aromatic heterocycles. The van der Waals surface area contributed by atoms with Crippen molar-refractivity contribution in [3.63, 3.8) is 0 Å². The second kappa shape index (κ2) is 7.18. The largest absolute Gasteiger partial charge is 0.315 e. The van der Waals surface area contributed by atoms with Gasteiger partial charge in [-0.1, -0.05) is 13.3 Å². The van der Waals surface area contributed by atoms with E-state index in [1.807, 2.05) is 0 Å². The Hall–Kier alpha value is -0.150. The maximum absolute atomic E-state index is 12.3. The summed E-state index contributed by atoms with van der Waals surface area (Å²) in [7, 11) is 0. The van der Waals surface area contributed by atoms with Crippen LogP contribution in [0.5, 0.6) is 0 Å². The van der Waals surface area contributed by atoms with Crippen molar-refractivity contribution in [1.29, 1.82) is 0 Å². The zero-order valence-corrected chi connectivity index (χ0v) is 9.27. The Bertz CT molecular complexity index is 139. The van der Waals surface area contributed by atoms with Gasteiger partial charge in [0.2, 0.25) is 0 Å². The van der Waals surface area contributed by atoms with E-state index in [0.717, 1.165) is 19.6 Å². The fraction of sp³-hybridized carbons (Fsp3) is 1.00. The van der Waals surface area contributed by atoms with Gasteiger partial charge in [-0.15, -0.1) is 0 Å². The monoisotopic (exact) mass is 202 g/mol. The highest BCUT2D eigenvalue weighted by molar-refractivity contribution is 4.78. The van der Waals surface area contributed by atoms with E-state index in [1.165, 1.54) is 25.7 Å². The number of piperidine rings is 1. The van der Waals surface area contributed by atoms with Crippen LogP contribution < -0.4 is 5.32 Å². The van der Waals surface area contributed by atoms with E-state index >= 15 is 0 Å². The molecule has 1 saturated heterocycles. The molecule has 84 valence electrons. The van der Waals surface area contributed by atoms with E-state index < -0.39 is 0 Å². The number of nitrogens with one attached hydrogen (secondary N) is 1. The summed E-state index contributed by atoms with van der Waals surface area (Å²) in [5.74, 6) is 0. The SMILES string of the molecule is CCCNCC1CCCCN1CCF. The van der Waals surface area contributed by atoms with E-state index in [-0.39, 0.29) is 6.67 Å². The Labute approximate surface area is 86.9 Å². The lowest BCUT2D eigenvalue weighted by Gasteiger charge is -2.35. The second-order valence-electron chi connectivity index (χ2n) is 4.08. The summed E-state index contributed by atoms with van der Waals surface area (Å²) >= 11 is 0. The first-order valence-electron chi connectivity index (χ1n) is 5.89. The van der Waals surface area contributed by atoms with Gasteiger partial charge in [-0.3, -0.25) is 4.90 Å². The Morgan fingerprint density at radius 1 is 1.43 bits per heavy atom. The van der Waals surface area contributed by atoms with E-state index in [9.17, 15) is 4.39 Å². The van der Waals surface area contributed by atoms with Crippen molar-refractivity contribution < 1.29 is 4.39 Å². The average Bonchev–Trinajstić information content (AvgIpc) is 2.21. The third-order valence-corrected chi connectivity index (χ3v) is 2.93. The lowest BCUT2D eigenvalue weighted by atomic mass is 10.0. The van der Waals surface area contributed by atoms with Gasteiger partial charge in [0.05, 0.1) is 0 Å². The summed E-state index contributed by atoms with van der Waals surface area (Å²) in [6.07, 6.45) is 4.96. The standard InChI is InChI=1S/C11H23FN2/c1-2-7-13-10-11-5-3-4-8-14(11)9-6-12/h11,13H,2-10H2,1H3. The molecule has 0 spiro atoms. The van der Waals surface area contributed by atoms with E-state index in [4.69, 9.17) is 0 Å². The normalized spacial score (nSPS) is 24.0. The molecule has 1 atom stereocenters. The number of halogens is 1. The van der Waals surface area contributed by atoms with Gasteiger partial charge in [0, 0.05) is 19.1 Å². The minimum atomic E-state index is -0.204. The first-order chi connectivity index (χ1) is 6.88. The topological polar surface area (TPSA) is 15.3 Å². The molecule has 1 unspecified atom stereocenters. The van der Waals surface area contributed by atoms with E-state index in [1.54, 1.807) is 0 Å². The summed E-state index contributed by atoms with van der Waals surface area (Å²) in [5, 5.41) is 3.43. The smallest absolute Gasteiger partial charge is 0.102 e. The first kappa shape index (κ1) is 11.9. The lowest BCUT2D eigenvalue weighted by Crippen LogP contribution is -2.46. The van der Waals surface area contributed by atoms with Gasteiger partial charge in [0.25, 0.3) is 0 Å². The van der Waals surface area contributed by atoms with Crippen LogP contribution in [0, 0.1) is 0 Å². The summed E-state index contributed by atoms with van der Waals surface area (Å²) in [6.45, 7) is 5.80. The van der Waals surface area contributed by atoms with Crippen LogP contribution in [-0.2, 0) is 0 Å². The molecular weight excluding hydrogens is 179 g/mol. The van der Waals surface area contributed by atoms with Gasteiger partial charge in [0.15, 0.2) is 0 Å². The van der Waals surface area contributed by atoms with Crippen molar-refractivity contribution in [3.05, 3.63) is 0 Å². The maximum atomic E-state index is 12.3. The molecule has 3 heteroatoms. The molecule has 0 bridgehead atoms. The summed E-state index contributed by atoms with van der Waals surface area (Å²) in [4.78, 5) is 2.30. The van der Waals surface area contributed by atoms with Gasteiger partial charge in [0.1, 0.15) is 6.67 Å². The molecule has 0 saturated carbocycles. The molecule has 1 aliphatic heterocycles. The molecule has 0 aromatic carbocycles. The van der Waals surface area contributed by atoms with Crippen LogP contribution in [0.4, 0.5) is 4.39 Å². The van der Waals surface area contributed by atoms with Crippen LogP contribution in [-0.4, -0.2) is 43.8 Å². The Balaban J connectivity index is 2.22. The lowest BCUT2D eigenvalue weighted by molar-refractivity contribution is 0.135. The molecule has 0 aliphatic carbocycles. The van der Waals surface area contributed by atoms with Gasteiger partial charge < -0.3 is 5.32 Å². The molecular formula is C11H23FN2. The summed E-state index contributed by atoms with van der Waals surface area (Å²) < 4.78 is 12.3. The van der Waals surface area contributed by atoms with Crippen molar-refractivity contribution in [2.75, 3.05) is 32.9 Å². The molecule has 1 aliphatic rings. The number of hydrogen-bond donors (Lipinski definition) is 1. The molecule has 1 heterocycles. The van der Waals surface area contributed by atoms with Crippen molar-refractivity contribution in [2.45, 2.75) is 38.6 Å². The third-order valence-electron chi connectivity index (χ3n) is 2.93. The Kier molecular flexibility index (Phi) is 6.12. The molecule has 2 nitrogen and oxygen atoms in total. The van der Waals surface area contributed by atoms with Crippen LogP contribution in [0.15, 0.2) is 0 Å². The molecule has 0 aromatic rings. The van der Waals surface area contributed by atoms with Crippen LogP contribution >= 0.6 is 0 Å². The predicted octanol–water partition coefficient (Wildman–Crippen LogP) is 1.81. The minimum absolute atomic E-state index is 0.204. The Morgan fingerprint density at radius 3 is 3.00 bits per heavy atom. The minimum Gasteiger partial charge on any atom is -0.315 e.